The summed E-state index contributed by atoms with van der Waals surface area (Å²) >= 11 is 0. The van der Waals surface area contributed by atoms with Gasteiger partial charge in [-0.1, -0.05) is 7.43 Å². The molecule has 0 saturated heterocycles. The third kappa shape index (κ3) is 62.8. The van der Waals surface area contributed by atoms with Gasteiger partial charge in [-0.2, -0.15) is 23.4 Å². The summed E-state index contributed by atoms with van der Waals surface area (Å²) in [7, 11) is 0. The van der Waals surface area contributed by atoms with E-state index in [1.54, 1.807) is 0 Å². The van der Waals surface area contributed by atoms with Gasteiger partial charge in [0.05, 0.1) is 0 Å². The fourth-order valence-electron chi connectivity index (χ4n) is 0. The molecule has 7 heteroatoms. The number of hydrogen-bond acceptors (Lipinski definition) is 0. The first-order valence-corrected chi connectivity index (χ1v) is 0. The van der Waals surface area contributed by atoms with Crippen molar-refractivity contribution < 1.29 is 68.0 Å². The van der Waals surface area contributed by atoms with Crippen molar-refractivity contribution in [2.75, 3.05) is 0 Å². The van der Waals surface area contributed by atoms with Crippen LogP contribution >= 0.6 is 23.4 Å². The van der Waals surface area contributed by atoms with E-state index in [4.69, 9.17) is 0 Å². The van der Waals surface area contributed by atoms with Gasteiger partial charge < -0.3 is 0 Å². The predicted molar refractivity (Wildman–Crippen MR) is 34.0 cm³/mol. The van der Waals surface area contributed by atoms with Gasteiger partial charge in [-0.25, -0.2) is 0 Å². The van der Waals surface area contributed by atoms with E-state index < -0.39 is 0 Å². The molecule has 1 atom stereocenters. The van der Waals surface area contributed by atoms with Crippen LogP contribution in [0.2, 0.25) is 0 Å². The van der Waals surface area contributed by atoms with Crippen molar-refractivity contribution in [3.8, 4) is 0 Å². The maximum Gasteiger partial charge on any atom is 0 e. The molecule has 0 aromatic rings. The van der Waals surface area contributed by atoms with Gasteiger partial charge in [-0.3, -0.25) is 0 Å². The topological polar surface area (TPSA) is 0 Å². The first-order valence-electron chi connectivity index (χ1n) is 0. The van der Waals surface area contributed by atoms with Crippen LogP contribution in [0.5, 0.6) is 0 Å². The Balaban J connectivity index is 0. The van der Waals surface area contributed by atoms with E-state index >= 15 is 0 Å². The molecule has 62 valence electrons. The van der Waals surface area contributed by atoms with Crippen LogP contribution < -0.4 is 0 Å². The van der Waals surface area contributed by atoms with Gasteiger partial charge in [0.2, 0.25) is 0 Å². The Morgan fingerprint density at radius 2 is 1.00 bits per heavy atom. The van der Waals surface area contributed by atoms with Gasteiger partial charge in [0.1, 0.15) is 0 Å². The summed E-state index contributed by atoms with van der Waals surface area (Å²) in [6.45, 7) is 0. The van der Waals surface area contributed by atoms with Gasteiger partial charge in [0.25, 0.3) is 0 Å². The normalized spacial score (nSPS) is 0. The second-order valence-electron chi connectivity index (χ2n) is 0. The third-order valence-corrected chi connectivity index (χ3v) is 0. The Morgan fingerprint density at radius 1 is 1.00 bits per heavy atom. The predicted octanol–water partition coefficient (Wildman–Crippen LogP) is 0.416. The van der Waals surface area contributed by atoms with Gasteiger partial charge in [-0.15, -0.1) is 0 Å². The molecule has 0 aromatic heterocycles. The van der Waals surface area contributed by atoms with Crippen molar-refractivity contribution in [3.63, 3.8) is 0 Å². The summed E-state index contributed by atoms with van der Waals surface area (Å²) in [6, 6.07) is 0. The van der Waals surface area contributed by atoms with Crippen molar-refractivity contribution >= 4 is 34.4 Å². The Kier molecular flexibility index (Phi) is 1320. The monoisotopic (exact) mass is 340 g/mol. The molecule has 0 amide bonds. The molecule has 0 aromatic carbocycles. The Labute approximate surface area is 109 Å². The average molecular weight is 341 g/mol. The van der Waals surface area contributed by atoms with Gasteiger partial charge in [0.15, 0.2) is 0 Å². The van der Waals surface area contributed by atoms with Crippen LogP contribution in [-0.4, -0.2) is 11.0 Å². The Bertz CT molecular complexity index is 24.0. The van der Waals surface area contributed by atoms with E-state index in [9.17, 15) is 0 Å². The van der Waals surface area contributed by atoms with Crippen molar-refractivity contribution in [2.24, 2.45) is 0 Å². The van der Waals surface area contributed by atoms with Crippen LogP contribution in [0, 0.1) is 0 Å². The molecule has 0 fully saturated rings. The maximum atomic E-state index is 0. The minimum absolute atomic E-state index is 0. The second-order valence-corrected chi connectivity index (χ2v) is 0. The van der Waals surface area contributed by atoms with Crippen molar-refractivity contribution in [1.29, 1.82) is 0 Å². The first kappa shape index (κ1) is 119. The Hall–Kier alpha value is 3.06. The van der Waals surface area contributed by atoms with Crippen molar-refractivity contribution in [3.05, 3.63) is 0 Å². The summed E-state index contributed by atoms with van der Waals surface area (Å²) in [5, 5.41) is 0. The molecule has 0 nitrogen and oxygen atoms in total. The largest absolute Gasteiger partial charge is 0.197 e. The van der Waals surface area contributed by atoms with Crippen LogP contribution in [-0.2, 0) is 68.0 Å². The zero-order chi connectivity index (χ0) is 0. The van der Waals surface area contributed by atoms with Crippen LogP contribution in [0.25, 0.3) is 0 Å². The molecule has 0 aliphatic heterocycles. The zero-order valence-corrected chi connectivity index (χ0v) is 10.9. The molecular formula is CH9CrCuMnNiPSSi. The summed E-state index contributed by atoms with van der Waals surface area (Å²) in [6.07, 6.45) is 0. The molecule has 1 unspecified atom stereocenters. The summed E-state index contributed by atoms with van der Waals surface area (Å²) in [5.41, 5.74) is 0. The van der Waals surface area contributed by atoms with E-state index in [1.807, 2.05) is 0 Å². The van der Waals surface area contributed by atoms with Crippen molar-refractivity contribution in [1.82, 2.24) is 0 Å². The minimum Gasteiger partial charge on any atom is -0.197 e. The fourth-order valence-corrected chi connectivity index (χ4v) is 0. The molecule has 0 rings (SSSR count). The summed E-state index contributed by atoms with van der Waals surface area (Å²) in [5.74, 6) is 0. The molecular weight excluding hydrogens is 332 g/mol. The van der Waals surface area contributed by atoms with Gasteiger partial charge in [0, 0.05) is 79.0 Å². The maximum absolute atomic E-state index is 0. The quantitative estimate of drug-likeness (QED) is 0.442. The molecule has 6 radical (unpaired) electrons. The molecule has 0 saturated carbocycles. The molecule has 0 spiro atoms. The van der Waals surface area contributed by atoms with Crippen LogP contribution in [0.1, 0.15) is 7.43 Å². The smallest absolute Gasteiger partial charge is 0 e. The number of hydrogen-bond donors (Lipinski definition) is 0. The van der Waals surface area contributed by atoms with E-state index in [2.05, 4.69) is 0 Å². The molecule has 0 N–H and O–H groups in total. The fraction of sp³-hybridized carbons (Fsp3) is 1.00. The standard InChI is InChI=1S/CH4.Cr.Cu.Mn.Ni.H3P.H2S.Si/h1H4;;;;;1H3;1H2;. The van der Waals surface area contributed by atoms with Crippen molar-refractivity contribution in [2.45, 2.75) is 7.43 Å². The molecule has 0 aliphatic carbocycles. The molecule has 8 heavy (non-hydrogen) atoms. The van der Waals surface area contributed by atoms with Gasteiger partial charge in [-0.05, 0) is 0 Å². The second kappa shape index (κ2) is 88.1. The first-order chi connectivity index (χ1) is 0. The molecule has 0 heterocycles. The number of rotatable bonds is 0. The van der Waals surface area contributed by atoms with Crippen LogP contribution in [0.3, 0.4) is 0 Å². The zero-order valence-electron chi connectivity index (χ0n) is 3.11. The van der Waals surface area contributed by atoms with Crippen LogP contribution in [0.4, 0.5) is 0 Å². The third-order valence-electron chi connectivity index (χ3n) is 0. The van der Waals surface area contributed by atoms with Gasteiger partial charge >= 0.3 is 0 Å². The minimum atomic E-state index is 0. The van der Waals surface area contributed by atoms with Crippen LogP contribution in [0.15, 0.2) is 0 Å². The SMILES string of the molecule is C.P.S.[Cr].[Cu].[Mn].[Ni].[Si]. The molecule has 0 aliphatic rings. The summed E-state index contributed by atoms with van der Waals surface area (Å²) in [4.78, 5) is 0. The van der Waals surface area contributed by atoms with E-state index in [0.717, 1.165) is 0 Å². The molecule has 0 bridgehead atoms. The van der Waals surface area contributed by atoms with E-state index in [-0.39, 0.29) is 110 Å². The Morgan fingerprint density at radius 3 is 1.00 bits per heavy atom. The van der Waals surface area contributed by atoms with E-state index in [0.29, 0.717) is 0 Å². The van der Waals surface area contributed by atoms with E-state index in [1.165, 1.54) is 0 Å². The summed E-state index contributed by atoms with van der Waals surface area (Å²) < 4.78 is 0. The average Bonchev–Trinajstić information content (AvgIpc) is 0.